The highest BCUT2D eigenvalue weighted by atomic mass is 79.9. The number of ketones is 1. The van der Waals surface area contributed by atoms with Crippen LogP contribution in [0.2, 0.25) is 0 Å². The van der Waals surface area contributed by atoms with E-state index in [0.717, 1.165) is 12.1 Å². The molecule has 0 spiro atoms. The van der Waals surface area contributed by atoms with Gasteiger partial charge in [-0.05, 0) is 36.9 Å². The predicted octanol–water partition coefficient (Wildman–Crippen LogP) is 4.40. The SMILES string of the molecule is CC(Br)C(=O)c1ccc(F)cc1SC(F)(F)F. The third kappa shape index (κ3) is 4.31. The van der Waals surface area contributed by atoms with Gasteiger partial charge in [0.2, 0.25) is 0 Å². The van der Waals surface area contributed by atoms with Gasteiger partial charge in [-0.3, -0.25) is 4.79 Å². The lowest BCUT2D eigenvalue weighted by atomic mass is 10.1. The normalized spacial score (nSPS) is 13.5. The lowest BCUT2D eigenvalue weighted by Gasteiger charge is -2.11. The van der Waals surface area contributed by atoms with E-state index in [1.807, 2.05) is 0 Å². The molecule has 7 heteroatoms. The molecule has 1 rings (SSSR count). The van der Waals surface area contributed by atoms with Crippen molar-refractivity contribution >= 4 is 33.5 Å². The van der Waals surface area contributed by atoms with Crippen LogP contribution in [0.4, 0.5) is 17.6 Å². The van der Waals surface area contributed by atoms with Crippen LogP contribution in [0.15, 0.2) is 23.1 Å². The number of Topliss-reactive ketones (excluding diaryl/α,β-unsaturated/α-hetero) is 1. The standard InChI is InChI=1S/C10H7BrF4OS/c1-5(11)9(16)7-3-2-6(12)4-8(7)17-10(13,14)15/h2-5H,1H3. The minimum atomic E-state index is -4.56. The van der Waals surface area contributed by atoms with Crippen LogP contribution in [-0.4, -0.2) is 16.1 Å². The quantitative estimate of drug-likeness (QED) is 0.353. The van der Waals surface area contributed by atoms with Gasteiger partial charge in [-0.2, -0.15) is 13.2 Å². The summed E-state index contributed by atoms with van der Waals surface area (Å²) in [7, 11) is 0. The summed E-state index contributed by atoms with van der Waals surface area (Å²) >= 11 is 2.48. The maximum Gasteiger partial charge on any atom is 0.446 e. The minimum Gasteiger partial charge on any atom is -0.293 e. The van der Waals surface area contributed by atoms with Gasteiger partial charge in [0.05, 0.1) is 4.83 Å². The molecule has 1 atom stereocenters. The van der Waals surface area contributed by atoms with Crippen molar-refractivity contribution in [2.24, 2.45) is 0 Å². The minimum absolute atomic E-state index is 0.141. The van der Waals surface area contributed by atoms with Crippen LogP contribution in [0.3, 0.4) is 0 Å². The van der Waals surface area contributed by atoms with Crippen LogP contribution in [-0.2, 0) is 0 Å². The predicted molar refractivity (Wildman–Crippen MR) is 61.0 cm³/mol. The molecule has 0 aliphatic carbocycles. The smallest absolute Gasteiger partial charge is 0.293 e. The molecule has 1 aromatic carbocycles. The fourth-order valence-corrected chi connectivity index (χ4v) is 2.07. The molecule has 0 saturated heterocycles. The van der Waals surface area contributed by atoms with Crippen molar-refractivity contribution < 1.29 is 22.4 Å². The van der Waals surface area contributed by atoms with E-state index >= 15 is 0 Å². The second kappa shape index (κ2) is 5.39. The third-order valence-electron chi connectivity index (χ3n) is 1.80. The Labute approximate surface area is 108 Å². The first-order valence-corrected chi connectivity index (χ1v) is 6.17. The Kier molecular flexibility index (Phi) is 4.60. The monoisotopic (exact) mass is 330 g/mol. The molecule has 0 aliphatic rings. The first-order valence-electron chi connectivity index (χ1n) is 4.44. The zero-order valence-corrected chi connectivity index (χ0v) is 10.9. The summed E-state index contributed by atoms with van der Waals surface area (Å²) < 4.78 is 49.6. The van der Waals surface area contributed by atoms with Crippen molar-refractivity contribution in [2.45, 2.75) is 22.2 Å². The van der Waals surface area contributed by atoms with E-state index in [-0.39, 0.29) is 5.56 Å². The largest absolute Gasteiger partial charge is 0.446 e. The van der Waals surface area contributed by atoms with Gasteiger partial charge in [0.1, 0.15) is 5.82 Å². The second-order valence-corrected chi connectivity index (χ2v) is 5.65. The van der Waals surface area contributed by atoms with Gasteiger partial charge >= 0.3 is 5.51 Å². The van der Waals surface area contributed by atoms with Crippen molar-refractivity contribution in [1.29, 1.82) is 0 Å². The third-order valence-corrected chi connectivity index (χ3v) is 3.00. The molecule has 0 aliphatic heterocycles. The van der Waals surface area contributed by atoms with Crippen LogP contribution in [0.5, 0.6) is 0 Å². The zero-order valence-electron chi connectivity index (χ0n) is 8.52. The average Bonchev–Trinajstić information content (AvgIpc) is 2.14. The summed E-state index contributed by atoms with van der Waals surface area (Å²) in [6.45, 7) is 1.49. The zero-order chi connectivity index (χ0) is 13.2. The number of rotatable bonds is 3. The van der Waals surface area contributed by atoms with E-state index in [1.165, 1.54) is 6.92 Å². The molecule has 0 fully saturated rings. The number of halogens is 5. The lowest BCUT2D eigenvalue weighted by Crippen LogP contribution is -2.12. The topological polar surface area (TPSA) is 17.1 Å². The van der Waals surface area contributed by atoms with Crippen molar-refractivity contribution in [3.8, 4) is 0 Å². The molecular formula is C10H7BrF4OS. The summed E-state index contributed by atoms with van der Waals surface area (Å²) in [4.78, 5) is 10.6. The Bertz CT molecular complexity index is 431. The maximum absolute atomic E-state index is 12.9. The molecule has 17 heavy (non-hydrogen) atoms. The highest BCUT2D eigenvalue weighted by Gasteiger charge is 2.32. The van der Waals surface area contributed by atoms with Crippen molar-refractivity contribution in [2.75, 3.05) is 0 Å². The van der Waals surface area contributed by atoms with E-state index in [2.05, 4.69) is 15.9 Å². The Balaban J connectivity index is 3.17. The van der Waals surface area contributed by atoms with Crippen molar-refractivity contribution in [3.05, 3.63) is 29.6 Å². The van der Waals surface area contributed by atoms with E-state index < -0.39 is 38.6 Å². The van der Waals surface area contributed by atoms with Gasteiger partial charge in [-0.1, -0.05) is 15.9 Å². The fourth-order valence-electron chi connectivity index (χ4n) is 1.12. The fraction of sp³-hybridized carbons (Fsp3) is 0.300. The highest BCUT2D eigenvalue weighted by Crippen LogP contribution is 2.39. The van der Waals surface area contributed by atoms with Crippen molar-refractivity contribution in [3.63, 3.8) is 0 Å². The molecule has 0 saturated carbocycles. The summed E-state index contributed by atoms with van der Waals surface area (Å²) in [5, 5.41) is 0. The van der Waals surface area contributed by atoms with Crippen LogP contribution >= 0.6 is 27.7 Å². The first-order chi connectivity index (χ1) is 7.70. The number of hydrogen-bond donors (Lipinski definition) is 0. The number of carbonyl (C=O) groups is 1. The number of alkyl halides is 4. The number of carbonyl (C=O) groups excluding carboxylic acids is 1. The van der Waals surface area contributed by atoms with Gasteiger partial charge in [0, 0.05) is 10.5 Å². The molecule has 1 nitrogen and oxygen atoms in total. The van der Waals surface area contributed by atoms with Gasteiger partial charge in [0.25, 0.3) is 0 Å². The van der Waals surface area contributed by atoms with Gasteiger partial charge in [-0.25, -0.2) is 4.39 Å². The van der Waals surface area contributed by atoms with Crippen LogP contribution in [0.1, 0.15) is 17.3 Å². The summed E-state index contributed by atoms with van der Waals surface area (Å²) in [6, 6.07) is 2.73. The van der Waals surface area contributed by atoms with Crippen LogP contribution in [0.25, 0.3) is 0 Å². The first kappa shape index (κ1) is 14.5. The summed E-state index contributed by atoms with van der Waals surface area (Å²) in [5.41, 5.74) is -4.70. The molecule has 0 radical (unpaired) electrons. The van der Waals surface area contributed by atoms with E-state index in [4.69, 9.17) is 0 Å². The van der Waals surface area contributed by atoms with Crippen LogP contribution in [0, 0.1) is 5.82 Å². The number of hydrogen-bond acceptors (Lipinski definition) is 2. The maximum atomic E-state index is 12.9. The highest BCUT2D eigenvalue weighted by molar-refractivity contribution is 9.10. The Hall–Kier alpha value is -0.560. The molecular weight excluding hydrogens is 324 g/mol. The lowest BCUT2D eigenvalue weighted by molar-refractivity contribution is -0.0328. The average molecular weight is 331 g/mol. The Morgan fingerprint density at radius 2 is 2.00 bits per heavy atom. The van der Waals surface area contributed by atoms with Crippen LogP contribution < -0.4 is 0 Å². The molecule has 1 aromatic rings. The molecule has 0 N–H and O–H groups in total. The Morgan fingerprint density at radius 1 is 1.41 bits per heavy atom. The van der Waals surface area contributed by atoms with E-state index in [9.17, 15) is 22.4 Å². The molecule has 0 aromatic heterocycles. The molecule has 94 valence electrons. The van der Waals surface area contributed by atoms with E-state index in [0.29, 0.717) is 6.07 Å². The molecule has 1 unspecified atom stereocenters. The van der Waals surface area contributed by atoms with Gasteiger partial charge in [0.15, 0.2) is 5.78 Å². The van der Waals surface area contributed by atoms with E-state index in [1.54, 1.807) is 0 Å². The summed E-state index contributed by atoms with van der Waals surface area (Å²) in [5.74, 6) is -1.33. The van der Waals surface area contributed by atoms with Crippen molar-refractivity contribution in [1.82, 2.24) is 0 Å². The number of benzene rings is 1. The number of thioether (sulfide) groups is 1. The Morgan fingerprint density at radius 3 is 2.47 bits per heavy atom. The summed E-state index contributed by atoms with van der Waals surface area (Å²) in [6.07, 6.45) is 0. The van der Waals surface area contributed by atoms with Gasteiger partial charge < -0.3 is 0 Å². The molecule has 0 heterocycles. The molecule has 0 amide bonds. The second-order valence-electron chi connectivity index (χ2n) is 3.17. The van der Waals surface area contributed by atoms with Gasteiger partial charge in [-0.15, -0.1) is 0 Å². The molecule has 0 bridgehead atoms.